The standard InChI is InChI=1S/C20H23N3O3.ClH/c21-15-5-1-4-14(11-15)20(25)23-16-7-9-17(10-8-16)26-18-6-2-3-13(12-18)19(22)24;/h2-3,6-10,12,14-15H,1,4-5,11,21H2,(H2,22,24)(H,23,25);1H. The summed E-state index contributed by atoms with van der Waals surface area (Å²) in [5, 5.41) is 2.94. The van der Waals surface area contributed by atoms with E-state index in [1.807, 2.05) is 0 Å². The molecule has 2 aromatic carbocycles. The Morgan fingerprint density at radius 3 is 2.44 bits per heavy atom. The third kappa shape index (κ3) is 5.70. The van der Waals surface area contributed by atoms with Crippen LogP contribution in [0.15, 0.2) is 48.5 Å². The van der Waals surface area contributed by atoms with Crippen LogP contribution in [0, 0.1) is 5.92 Å². The SMILES string of the molecule is Cl.NC(=O)c1cccc(Oc2ccc(NC(=O)C3CCCC(N)C3)cc2)c1. The minimum atomic E-state index is -0.504. The van der Waals surface area contributed by atoms with Crippen LogP contribution in [-0.2, 0) is 4.79 Å². The number of hydrogen-bond acceptors (Lipinski definition) is 4. The summed E-state index contributed by atoms with van der Waals surface area (Å²) in [5.41, 5.74) is 12.3. The molecule has 0 bridgehead atoms. The van der Waals surface area contributed by atoms with Crippen molar-refractivity contribution in [3.8, 4) is 11.5 Å². The summed E-state index contributed by atoms with van der Waals surface area (Å²) in [6.07, 6.45) is 3.61. The van der Waals surface area contributed by atoms with Crippen LogP contribution < -0.4 is 21.5 Å². The van der Waals surface area contributed by atoms with Gasteiger partial charge in [0, 0.05) is 23.2 Å². The molecule has 0 saturated heterocycles. The van der Waals surface area contributed by atoms with Gasteiger partial charge in [-0.15, -0.1) is 12.4 Å². The van der Waals surface area contributed by atoms with Gasteiger partial charge in [-0.1, -0.05) is 12.5 Å². The molecule has 0 spiro atoms. The molecule has 6 nitrogen and oxygen atoms in total. The summed E-state index contributed by atoms with van der Waals surface area (Å²) in [6.45, 7) is 0. The van der Waals surface area contributed by atoms with Gasteiger partial charge in [0.1, 0.15) is 11.5 Å². The van der Waals surface area contributed by atoms with E-state index in [0.29, 0.717) is 22.7 Å². The molecule has 1 aliphatic carbocycles. The second kappa shape index (κ2) is 9.39. The van der Waals surface area contributed by atoms with Gasteiger partial charge in [0.05, 0.1) is 0 Å². The number of amides is 2. The number of carbonyl (C=O) groups excluding carboxylic acids is 2. The molecule has 2 unspecified atom stereocenters. The zero-order valence-corrected chi connectivity index (χ0v) is 15.7. The van der Waals surface area contributed by atoms with Crippen LogP contribution in [0.4, 0.5) is 5.69 Å². The van der Waals surface area contributed by atoms with E-state index in [1.54, 1.807) is 48.5 Å². The molecule has 2 atom stereocenters. The summed E-state index contributed by atoms with van der Waals surface area (Å²) in [7, 11) is 0. The maximum atomic E-state index is 12.3. The average molecular weight is 390 g/mol. The molecule has 27 heavy (non-hydrogen) atoms. The highest BCUT2D eigenvalue weighted by atomic mass is 35.5. The van der Waals surface area contributed by atoms with Gasteiger partial charge in [0.25, 0.3) is 0 Å². The second-order valence-electron chi connectivity index (χ2n) is 6.63. The van der Waals surface area contributed by atoms with Gasteiger partial charge in [-0.3, -0.25) is 9.59 Å². The van der Waals surface area contributed by atoms with Gasteiger partial charge in [0.15, 0.2) is 0 Å². The Balaban J connectivity index is 0.00000261. The molecular formula is C20H24ClN3O3. The van der Waals surface area contributed by atoms with E-state index in [1.165, 1.54) is 0 Å². The predicted octanol–water partition coefficient (Wildman–Crippen LogP) is 3.46. The summed E-state index contributed by atoms with van der Waals surface area (Å²) in [6, 6.07) is 13.9. The van der Waals surface area contributed by atoms with Gasteiger partial charge in [-0.2, -0.15) is 0 Å². The van der Waals surface area contributed by atoms with Gasteiger partial charge in [-0.05, 0) is 61.7 Å². The number of nitrogens with two attached hydrogens (primary N) is 2. The topological polar surface area (TPSA) is 107 Å². The lowest BCUT2D eigenvalue weighted by molar-refractivity contribution is -0.120. The normalized spacial score (nSPS) is 18.9. The Morgan fingerprint density at radius 2 is 1.78 bits per heavy atom. The fourth-order valence-corrected chi connectivity index (χ4v) is 3.17. The quantitative estimate of drug-likeness (QED) is 0.727. The van der Waals surface area contributed by atoms with Crippen molar-refractivity contribution in [3.63, 3.8) is 0 Å². The third-order valence-electron chi connectivity index (χ3n) is 4.56. The van der Waals surface area contributed by atoms with E-state index < -0.39 is 5.91 Å². The summed E-state index contributed by atoms with van der Waals surface area (Å²) >= 11 is 0. The van der Waals surface area contributed by atoms with Crippen LogP contribution >= 0.6 is 12.4 Å². The van der Waals surface area contributed by atoms with Crippen LogP contribution in [0.25, 0.3) is 0 Å². The second-order valence-corrected chi connectivity index (χ2v) is 6.63. The number of carbonyl (C=O) groups is 2. The maximum Gasteiger partial charge on any atom is 0.248 e. The monoisotopic (exact) mass is 389 g/mol. The zero-order chi connectivity index (χ0) is 18.5. The first kappa shape index (κ1) is 20.7. The molecule has 0 aliphatic heterocycles. The van der Waals surface area contributed by atoms with Crippen LogP contribution in [0.2, 0.25) is 0 Å². The van der Waals surface area contributed by atoms with Gasteiger partial charge >= 0.3 is 0 Å². The number of hydrogen-bond donors (Lipinski definition) is 3. The Labute approximate surface area is 164 Å². The highest BCUT2D eigenvalue weighted by Gasteiger charge is 2.25. The summed E-state index contributed by atoms with van der Waals surface area (Å²) in [5.74, 6) is 0.615. The first-order valence-corrected chi connectivity index (χ1v) is 8.75. The predicted molar refractivity (Wildman–Crippen MR) is 107 cm³/mol. The average Bonchev–Trinajstić information content (AvgIpc) is 2.63. The number of anilines is 1. The van der Waals surface area contributed by atoms with E-state index in [-0.39, 0.29) is 30.3 Å². The molecule has 7 heteroatoms. The lowest BCUT2D eigenvalue weighted by atomic mass is 9.85. The molecule has 3 rings (SSSR count). The van der Waals surface area contributed by atoms with E-state index in [4.69, 9.17) is 16.2 Å². The van der Waals surface area contributed by atoms with Gasteiger partial charge < -0.3 is 21.5 Å². The highest BCUT2D eigenvalue weighted by molar-refractivity contribution is 5.93. The van der Waals surface area contributed by atoms with Crippen molar-refractivity contribution in [2.24, 2.45) is 17.4 Å². The highest BCUT2D eigenvalue weighted by Crippen LogP contribution is 2.26. The first-order valence-electron chi connectivity index (χ1n) is 8.75. The lowest BCUT2D eigenvalue weighted by Crippen LogP contribution is -2.34. The first-order chi connectivity index (χ1) is 12.5. The number of ether oxygens (including phenoxy) is 1. The molecular weight excluding hydrogens is 366 g/mol. The molecule has 0 heterocycles. The van der Waals surface area contributed by atoms with Crippen molar-refractivity contribution in [1.82, 2.24) is 0 Å². The minimum Gasteiger partial charge on any atom is -0.457 e. The molecule has 0 aromatic heterocycles. The lowest BCUT2D eigenvalue weighted by Gasteiger charge is -2.25. The fourth-order valence-electron chi connectivity index (χ4n) is 3.17. The molecule has 5 N–H and O–H groups in total. The van der Waals surface area contributed by atoms with E-state index in [2.05, 4.69) is 5.32 Å². The zero-order valence-electron chi connectivity index (χ0n) is 14.9. The number of benzene rings is 2. The molecule has 2 amide bonds. The molecule has 1 fully saturated rings. The number of nitrogens with one attached hydrogen (secondary N) is 1. The van der Waals surface area contributed by atoms with Crippen LogP contribution in [0.3, 0.4) is 0 Å². The third-order valence-corrected chi connectivity index (χ3v) is 4.56. The van der Waals surface area contributed by atoms with Crippen LogP contribution in [0.1, 0.15) is 36.0 Å². The number of primary amides is 1. The summed E-state index contributed by atoms with van der Waals surface area (Å²) < 4.78 is 5.72. The van der Waals surface area contributed by atoms with Crippen molar-refractivity contribution in [2.45, 2.75) is 31.7 Å². The van der Waals surface area contributed by atoms with Gasteiger partial charge in [-0.25, -0.2) is 0 Å². The van der Waals surface area contributed by atoms with E-state index in [0.717, 1.165) is 25.7 Å². The van der Waals surface area contributed by atoms with Crippen molar-refractivity contribution in [2.75, 3.05) is 5.32 Å². The molecule has 2 aromatic rings. The number of rotatable bonds is 5. The fraction of sp³-hybridized carbons (Fsp3) is 0.300. The Kier molecular flexibility index (Phi) is 7.21. The smallest absolute Gasteiger partial charge is 0.248 e. The molecule has 144 valence electrons. The number of halogens is 1. The minimum absolute atomic E-state index is 0. The van der Waals surface area contributed by atoms with Crippen molar-refractivity contribution < 1.29 is 14.3 Å². The van der Waals surface area contributed by atoms with Crippen molar-refractivity contribution in [1.29, 1.82) is 0 Å². The molecule has 0 radical (unpaired) electrons. The molecule has 1 aliphatic rings. The maximum absolute atomic E-state index is 12.3. The summed E-state index contributed by atoms with van der Waals surface area (Å²) in [4.78, 5) is 23.6. The largest absolute Gasteiger partial charge is 0.457 e. The van der Waals surface area contributed by atoms with Crippen molar-refractivity contribution in [3.05, 3.63) is 54.1 Å². The Hall–Kier alpha value is -2.57. The Morgan fingerprint density at radius 1 is 1.04 bits per heavy atom. The van der Waals surface area contributed by atoms with Crippen molar-refractivity contribution >= 4 is 29.9 Å². The van der Waals surface area contributed by atoms with E-state index >= 15 is 0 Å². The van der Waals surface area contributed by atoms with E-state index in [9.17, 15) is 9.59 Å². The van der Waals surface area contributed by atoms with Crippen LogP contribution in [-0.4, -0.2) is 17.9 Å². The van der Waals surface area contributed by atoms with Crippen LogP contribution in [0.5, 0.6) is 11.5 Å². The van der Waals surface area contributed by atoms with Gasteiger partial charge in [0.2, 0.25) is 11.8 Å². The Bertz CT molecular complexity index is 795. The molecule has 1 saturated carbocycles.